The molecular formula is C12H15N3S. The number of nitrogens with zero attached hydrogens (tertiary/aromatic N) is 3. The van der Waals surface area contributed by atoms with Crippen LogP contribution in [-0.4, -0.2) is 40.9 Å². The van der Waals surface area contributed by atoms with Gasteiger partial charge in [0.15, 0.2) is 5.11 Å². The van der Waals surface area contributed by atoms with Crippen LogP contribution in [0.1, 0.15) is 12.5 Å². The van der Waals surface area contributed by atoms with Gasteiger partial charge in [0.25, 0.3) is 0 Å². The van der Waals surface area contributed by atoms with Crippen molar-refractivity contribution in [3.63, 3.8) is 0 Å². The maximum atomic E-state index is 5.31. The summed E-state index contributed by atoms with van der Waals surface area (Å²) in [5, 5.41) is 7.11. The van der Waals surface area contributed by atoms with E-state index in [4.69, 9.17) is 12.2 Å². The summed E-state index contributed by atoms with van der Waals surface area (Å²) in [4.78, 5) is 2.15. The fourth-order valence-electron chi connectivity index (χ4n) is 1.65. The lowest BCUT2D eigenvalue weighted by molar-refractivity contribution is 0.489. The van der Waals surface area contributed by atoms with Crippen molar-refractivity contribution in [3.8, 4) is 0 Å². The summed E-state index contributed by atoms with van der Waals surface area (Å²) < 4.78 is 0. The van der Waals surface area contributed by atoms with Crippen LogP contribution in [-0.2, 0) is 0 Å². The van der Waals surface area contributed by atoms with Crippen LogP contribution >= 0.6 is 12.2 Å². The lowest BCUT2D eigenvalue weighted by Gasteiger charge is -2.15. The first-order chi connectivity index (χ1) is 7.81. The fraction of sp³-hybridized carbons (Fsp3) is 0.333. The van der Waals surface area contributed by atoms with E-state index in [0.29, 0.717) is 0 Å². The summed E-state index contributed by atoms with van der Waals surface area (Å²) in [5.41, 5.74) is 1.10. The Morgan fingerprint density at radius 3 is 2.69 bits per heavy atom. The van der Waals surface area contributed by atoms with Crippen LogP contribution in [0, 0.1) is 0 Å². The quantitative estimate of drug-likeness (QED) is 0.587. The average molecular weight is 233 g/mol. The molecule has 1 aliphatic heterocycles. The molecule has 0 radical (unpaired) electrons. The summed E-state index contributed by atoms with van der Waals surface area (Å²) in [5.74, 6) is 0. The molecule has 1 fully saturated rings. The second kappa shape index (κ2) is 5.07. The minimum atomic E-state index is 0.828. The molecular weight excluding hydrogens is 218 g/mol. The molecule has 4 heteroatoms. The van der Waals surface area contributed by atoms with E-state index in [0.717, 1.165) is 30.3 Å². The van der Waals surface area contributed by atoms with Gasteiger partial charge in [-0.05, 0) is 24.7 Å². The molecule has 3 nitrogen and oxygen atoms in total. The van der Waals surface area contributed by atoms with Crippen LogP contribution < -0.4 is 0 Å². The average Bonchev–Trinajstić information content (AvgIpc) is 2.69. The molecule has 1 aliphatic rings. The molecule has 84 valence electrons. The van der Waals surface area contributed by atoms with Crippen LogP contribution in [0.15, 0.2) is 35.4 Å². The van der Waals surface area contributed by atoms with Gasteiger partial charge in [0.05, 0.1) is 12.8 Å². The lowest BCUT2D eigenvalue weighted by atomic mass is 10.2. The van der Waals surface area contributed by atoms with Crippen molar-refractivity contribution in [3.05, 3.63) is 35.9 Å². The highest BCUT2D eigenvalue weighted by Gasteiger charge is 2.22. The predicted molar refractivity (Wildman–Crippen MR) is 70.6 cm³/mol. The van der Waals surface area contributed by atoms with Crippen molar-refractivity contribution < 1.29 is 0 Å². The Morgan fingerprint density at radius 1 is 1.31 bits per heavy atom. The van der Waals surface area contributed by atoms with Gasteiger partial charge in [0.2, 0.25) is 0 Å². The molecule has 0 aromatic heterocycles. The molecule has 1 aromatic carbocycles. The smallest absolute Gasteiger partial charge is 0.192 e. The van der Waals surface area contributed by atoms with Crippen molar-refractivity contribution >= 4 is 23.5 Å². The maximum absolute atomic E-state index is 5.31. The zero-order valence-corrected chi connectivity index (χ0v) is 10.2. The number of benzene rings is 1. The monoisotopic (exact) mass is 233 g/mol. The van der Waals surface area contributed by atoms with Crippen molar-refractivity contribution in [2.24, 2.45) is 5.10 Å². The number of rotatable bonds is 3. The Balaban J connectivity index is 2.01. The Hall–Kier alpha value is -1.42. The molecule has 0 aliphatic carbocycles. The van der Waals surface area contributed by atoms with Gasteiger partial charge >= 0.3 is 0 Å². The zero-order chi connectivity index (χ0) is 11.4. The van der Waals surface area contributed by atoms with Crippen LogP contribution in [0.5, 0.6) is 0 Å². The van der Waals surface area contributed by atoms with E-state index in [1.807, 2.05) is 41.6 Å². The van der Waals surface area contributed by atoms with Crippen molar-refractivity contribution in [2.45, 2.75) is 6.92 Å². The second-order valence-electron chi connectivity index (χ2n) is 3.64. The first-order valence-corrected chi connectivity index (χ1v) is 5.87. The molecule has 1 aromatic rings. The Labute approximate surface area is 101 Å². The summed E-state index contributed by atoms with van der Waals surface area (Å²) >= 11 is 5.31. The molecule has 1 saturated heterocycles. The normalized spacial score (nSPS) is 16.4. The number of likely N-dealkylation sites (N-methyl/N-ethyl adjacent to an activating group) is 1. The first-order valence-electron chi connectivity index (χ1n) is 5.46. The van der Waals surface area contributed by atoms with Crippen LogP contribution in [0.25, 0.3) is 0 Å². The Kier molecular flexibility index (Phi) is 3.51. The SMILES string of the molecule is CCN1CCN(/N=C/c2ccccc2)C1=S. The number of hydrogen-bond donors (Lipinski definition) is 0. The minimum absolute atomic E-state index is 0.828. The molecule has 0 spiro atoms. The molecule has 0 bridgehead atoms. The van der Waals surface area contributed by atoms with Crippen LogP contribution in [0.2, 0.25) is 0 Å². The van der Waals surface area contributed by atoms with Crippen LogP contribution in [0.3, 0.4) is 0 Å². The Morgan fingerprint density at radius 2 is 2.06 bits per heavy atom. The Bertz CT molecular complexity index is 389. The van der Waals surface area contributed by atoms with E-state index in [-0.39, 0.29) is 0 Å². The standard InChI is InChI=1S/C12H15N3S/c1-2-14-8-9-15(12(14)16)13-10-11-6-4-3-5-7-11/h3-7,10H,2,8-9H2,1H3/b13-10+. The molecule has 0 amide bonds. The van der Waals surface area contributed by atoms with E-state index >= 15 is 0 Å². The highest BCUT2D eigenvalue weighted by molar-refractivity contribution is 7.80. The van der Waals surface area contributed by atoms with Gasteiger partial charge in [0, 0.05) is 13.1 Å². The van der Waals surface area contributed by atoms with Gasteiger partial charge in [-0.2, -0.15) is 5.10 Å². The van der Waals surface area contributed by atoms with Crippen molar-refractivity contribution in [2.75, 3.05) is 19.6 Å². The zero-order valence-electron chi connectivity index (χ0n) is 9.34. The molecule has 0 N–H and O–H groups in total. The minimum Gasteiger partial charge on any atom is -0.346 e. The van der Waals surface area contributed by atoms with Gasteiger partial charge in [0.1, 0.15) is 0 Å². The largest absolute Gasteiger partial charge is 0.346 e. The highest BCUT2D eigenvalue weighted by atomic mass is 32.1. The number of hydrazone groups is 1. The molecule has 0 unspecified atom stereocenters. The van der Waals surface area contributed by atoms with Gasteiger partial charge in [-0.25, -0.2) is 5.01 Å². The summed E-state index contributed by atoms with van der Waals surface area (Å²) in [6.07, 6.45) is 1.85. The van der Waals surface area contributed by atoms with Gasteiger partial charge in [-0.3, -0.25) is 0 Å². The third-order valence-corrected chi connectivity index (χ3v) is 3.07. The van der Waals surface area contributed by atoms with Crippen LogP contribution in [0.4, 0.5) is 0 Å². The predicted octanol–water partition coefficient (Wildman–Crippen LogP) is 1.94. The van der Waals surface area contributed by atoms with Gasteiger partial charge < -0.3 is 4.90 Å². The molecule has 0 saturated carbocycles. The van der Waals surface area contributed by atoms with Gasteiger partial charge in [-0.15, -0.1) is 0 Å². The third-order valence-electron chi connectivity index (χ3n) is 2.60. The van der Waals surface area contributed by atoms with E-state index in [9.17, 15) is 0 Å². The fourth-order valence-corrected chi connectivity index (χ4v) is 2.00. The van der Waals surface area contributed by atoms with Crippen molar-refractivity contribution in [1.29, 1.82) is 0 Å². The van der Waals surface area contributed by atoms with E-state index < -0.39 is 0 Å². The molecule has 1 heterocycles. The number of thiocarbonyl (C=S) groups is 1. The first kappa shape index (κ1) is 11.1. The van der Waals surface area contributed by atoms with E-state index in [1.165, 1.54) is 0 Å². The lowest BCUT2D eigenvalue weighted by Crippen LogP contribution is -2.28. The van der Waals surface area contributed by atoms with Crippen molar-refractivity contribution in [1.82, 2.24) is 9.91 Å². The molecule has 2 rings (SSSR count). The summed E-state index contributed by atoms with van der Waals surface area (Å²) in [6.45, 7) is 4.92. The third kappa shape index (κ3) is 2.39. The highest BCUT2D eigenvalue weighted by Crippen LogP contribution is 2.08. The maximum Gasteiger partial charge on any atom is 0.192 e. The summed E-state index contributed by atoms with van der Waals surface area (Å²) in [7, 11) is 0. The topological polar surface area (TPSA) is 18.8 Å². The molecule has 16 heavy (non-hydrogen) atoms. The molecule has 0 atom stereocenters. The van der Waals surface area contributed by atoms with E-state index in [1.54, 1.807) is 0 Å². The summed E-state index contributed by atoms with van der Waals surface area (Å²) in [6, 6.07) is 10.1. The van der Waals surface area contributed by atoms with E-state index in [2.05, 4.69) is 16.9 Å². The van der Waals surface area contributed by atoms with Gasteiger partial charge in [-0.1, -0.05) is 30.3 Å². The second-order valence-corrected chi connectivity index (χ2v) is 4.01. The number of hydrogen-bond acceptors (Lipinski definition) is 2.